The Labute approximate surface area is 128 Å². The molecule has 94 valence electrons. The van der Waals surface area contributed by atoms with Gasteiger partial charge in [0.25, 0.3) is 0 Å². The lowest BCUT2D eigenvalue weighted by molar-refractivity contribution is 0.943. The van der Waals surface area contributed by atoms with Gasteiger partial charge in [-0.05, 0) is 54.9 Å². The van der Waals surface area contributed by atoms with E-state index in [1.54, 1.807) is 11.8 Å². The zero-order valence-corrected chi connectivity index (χ0v) is 13.7. The molecule has 0 aliphatic carbocycles. The average Bonchev–Trinajstić information content (AvgIpc) is 2.33. The lowest BCUT2D eigenvalue weighted by atomic mass is 10.1. The molecule has 0 aliphatic heterocycles. The van der Waals surface area contributed by atoms with Gasteiger partial charge in [-0.15, -0.1) is 0 Å². The average molecular weight is 387 g/mol. The minimum atomic E-state index is 0.669. The van der Waals surface area contributed by atoms with E-state index in [-0.39, 0.29) is 0 Å². The van der Waals surface area contributed by atoms with Crippen LogP contribution >= 0.6 is 43.6 Å². The van der Waals surface area contributed by atoms with Crippen molar-refractivity contribution in [3.05, 3.63) is 57.0 Å². The molecule has 1 nitrogen and oxygen atoms in total. The van der Waals surface area contributed by atoms with E-state index >= 15 is 0 Å². The summed E-state index contributed by atoms with van der Waals surface area (Å²) in [5, 5.41) is 0. The van der Waals surface area contributed by atoms with E-state index in [4.69, 9.17) is 5.73 Å². The molecule has 0 amide bonds. The maximum absolute atomic E-state index is 5.66. The van der Waals surface area contributed by atoms with E-state index in [1.165, 1.54) is 15.4 Å². The summed E-state index contributed by atoms with van der Waals surface area (Å²) in [7, 11) is 0. The van der Waals surface area contributed by atoms with Crippen LogP contribution in [0.25, 0.3) is 0 Å². The molecule has 0 fully saturated rings. The van der Waals surface area contributed by atoms with E-state index in [2.05, 4.69) is 62.2 Å². The summed E-state index contributed by atoms with van der Waals surface area (Å²) in [5.74, 6) is 0. The van der Waals surface area contributed by atoms with Gasteiger partial charge in [-0.2, -0.15) is 0 Å². The van der Waals surface area contributed by atoms with Crippen LogP contribution in [-0.4, -0.2) is 6.54 Å². The summed E-state index contributed by atoms with van der Waals surface area (Å²) in [6.45, 7) is 0.669. The molecule has 0 aliphatic rings. The van der Waals surface area contributed by atoms with Crippen LogP contribution in [-0.2, 0) is 6.42 Å². The Kier molecular flexibility index (Phi) is 5.30. The van der Waals surface area contributed by atoms with Gasteiger partial charge in [-0.3, -0.25) is 0 Å². The molecule has 2 rings (SSSR count). The highest BCUT2D eigenvalue weighted by molar-refractivity contribution is 9.10. The van der Waals surface area contributed by atoms with Crippen molar-refractivity contribution in [1.29, 1.82) is 0 Å². The Morgan fingerprint density at radius 2 is 1.78 bits per heavy atom. The first kappa shape index (κ1) is 14.1. The second-order valence-corrected chi connectivity index (χ2v) is 6.80. The van der Waals surface area contributed by atoms with Crippen LogP contribution in [0, 0.1) is 0 Å². The van der Waals surface area contributed by atoms with Crippen LogP contribution in [0.15, 0.2) is 61.2 Å². The summed E-state index contributed by atoms with van der Waals surface area (Å²) < 4.78 is 2.20. The van der Waals surface area contributed by atoms with Gasteiger partial charge in [0.05, 0.1) is 0 Å². The van der Waals surface area contributed by atoms with E-state index in [0.29, 0.717) is 6.54 Å². The molecule has 2 N–H and O–H groups in total. The monoisotopic (exact) mass is 385 g/mol. The summed E-state index contributed by atoms with van der Waals surface area (Å²) in [6, 6.07) is 14.7. The van der Waals surface area contributed by atoms with Crippen molar-refractivity contribution in [1.82, 2.24) is 0 Å². The first-order valence-corrected chi connectivity index (χ1v) is 8.01. The minimum absolute atomic E-state index is 0.669. The molecule has 0 spiro atoms. The highest BCUT2D eigenvalue weighted by Gasteiger charge is 2.05. The van der Waals surface area contributed by atoms with Crippen molar-refractivity contribution in [2.24, 2.45) is 5.73 Å². The second kappa shape index (κ2) is 6.75. The maximum atomic E-state index is 5.66. The van der Waals surface area contributed by atoms with Crippen molar-refractivity contribution < 1.29 is 0 Å². The van der Waals surface area contributed by atoms with Crippen LogP contribution < -0.4 is 5.73 Å². The molecule has 0 bridgehead atoms. The van der Waals surface area contributed by atoms with Crippen molar-refractivity contribution in [2.75, 3.05) is 6.54 Å². The van der Waals surface area contributed by atoms with E-state index in [0.717, 1.165) is 15.4 Å². The van der Waals surface area contributed by atoms with Crippen LogP contribution in [0.4, 0.5) is 0 Å². The lowest BCUT2D eigenvalue weighted by Gasteiger charge is -2.09. The molecule has 0 aromatic heterocycles. The summed E-state index contributed by atoms with van der Waals surface area (Å²) in [6.07, 6.45) is 0.899. The Morgan fingerprint density at radius 3 is 2.50 bits per heavy atom. The first-order valence-electron chi connectivity index (χ1n) is 5.61. The largest absolute Gasteiger partial charge is 0.330 e. The highest BCUT2D eigenvalue weighted by Crippen LogP contribution is 2.33. The Hall–Kier alpha value is -0.290. The van der Waals surface area contributed by atoms with Gasteiger partial charge < -0.3 is 5.73 Å². The van der Waals surface area contributed by atoms with Crippen LogP contribution in [0.3, 0.4) is 0 Å². The standard InChI is InChI=1S/C14H13Br2NS/c15-11-2-1-3-13(9-11)18-14-5-4-12(16)8-10(14)6-7-17/h1-5,8-9H,6-7,17H2. The molecule has 4 heteroatoms. The zero-order chi connectivity index (χ0) is 13.0. The number of hydrogen-bond donors (Lipinski definition) is 1. The number of rotatable bonds is 4. The van der Waals surface area contributed by atoms with Crippen LogP contribution in [0.5, 0.6) is 0 Å². The summed E-state index contributed by atoms with van der Waals surface area (Å²) in [4.78, 5) is 2.49. The van der Waals surface area contributed by atoms with Gasteiger partial charge in [0.15, 0.2) is 0 Å². The quantitative estimate of drug-likeness (QED) is 0.811. The fraction of sp³-hybridized carbons (Fsp3) is 0.143. The smallest absolute Gasteiger partial charge is 0.0186 e. The summed E-state index contributed by atoms with van der Waals surface area (Å²) >= 11 is 8.77. The topological polar surface area (TPSA) is 26.0 Å². The molecule has 2 aromatic carbocycles. The molecular formula is C14H13Br2NS. The molecule has 0 atom stereocenters. The number of hydrogen-bond acceptors (Lipinski definition) is 2. The van der Waals surface area contributed by atoms with Crippen molar-refractivity contribution in [3.63, 3.8) is 0 Å². The minimum Gasteiger partial charge on any atom is -0.330 e. The third kappa shape index (κ3) is 3.85. The third-order valence-corrected chi connectivity index (χ3v) is 4.55. The normalized spacial score (nSPS) is 10.6. The van der Waals surface area contributed by atoms with Gasteiger partial charge in [-0.1, -0.05) is 49.7 Å². The van der Waals surface area contributed by atoms with Crippen molar-refractivity contribution in [2.45, 2.75) is 16.2 Å². The predicted molar refractivity (Wildman–Crippen MR) is 85.2 cm³/mol. The van der Waals surface area contributed by atoms with Gasteiger partial charge in [0.1, 0.15) is 0 Å². The molecule has 0 saturated heterocycles. The predicted octanol–water partition coefficient (Wildman–Crippen LogP) is 4.86. The van der Waals surface area contributed by atoms with Gasteiger partial charge in [0, 0.05) is 18.7 Å². The fourth-order valence-corrected chi connectivity index (χ4v) is 3.63. The Bertz CT molecular complexity index is 543. The molecule has 0 radical (unpaired) electrons. The SMILES string of the molecule is NCCc1cc(Br)ccc1Sc1cccc(Br)c1. The lowest BCUT2D eigenvalue weighted by Crippen LogP contribution is -2.03. The molecule has 0 saturated carbocycles. The highest BCUT2D eigenvalue weighted by atomic mass is 79.9. The Morgan fingerprint density at radius 1 is 1.00 bits per heavy atom. The molecule has 0 unspecified atom stereocenters. The van der Waals surface area contributed by atoms with Gasteiger partial charge in [0.2, 0.25) is 0 Å². The van der Waals surface area contributed by atoms with Gasteiger partial charge in [-0.25, -0.2) is 0 Å². The molecular weight excluding hydrogens is 374 g/mol. The maximum Gasteiger partial charge on any atom is 0.0186 e. The third-order valence-electron chi connectivity index (χ3n) is 2.46. The van der Waals surface area contributed by atoms with Crippen molar-refractivity contribution >= 4 is 43.6 Å². The summed E-state index contributed by atoms with van der Waals surface area (Å²) in [5.41, 5.74) is 6.95. The van der Waals surface area contributed by atoms with Gasteiger partial charge >= 0.3 is 0 Å². The Balaban J connectivity index is 2.28. The molecule has 0 heterocycles. The van der Waals surface area contributed by atoms with Crippen LogP contribution in [0.1, 0.15) is 5.56 Å². The fourth-order valence-electron chi connectivity index (χ4n) is 1.66. The second-order valence-electron chi connectivity index (χ2n) is 3.85. The number of nitrogens with two attached hydrogens (primary N) is 1. The van der Waals surface area contributed by atoms with Crippen molar-refractivity contribution in [3.8, 4) is 0 Å². The number of halogens is 2. The molecule has 2 aromatic rings. The van der Waals surface area contributed by atoms with E-state index in [1.807, 2.05) is 12.1 Å². The number of benzene rings is 2. The van der Waals surface area contributed by atoms with Crippen LogP contribution in [0.2, 0.25) is 0 Å². The van der Waals surface area contributed by atoms with E-state index < -0.39 is 0 Å². The zero-order valence-electron chi connectivity index (χ0n) is 9.70. The van der Waals surface area contributed by atoms with E-state index in [9.17, 15) is 0 Å². The molecule has 18 heavy (non-hydrogen) atoms. The first-order chi connectivity index (χ1) is 8.69.